The number of benzene rings is 1. The van der Waals surface area contributed by atoms with Crippen LogP contribution in [-0.4, -0.2) is 30.0 Å². The minimum Gasteiger partial charge on any atom is -0.449 e. The molecule has 2 rings (SSSR count). The molecule has 1 aromatic rings. The summed E-state index contributed by atoms with van der Waals surface area (Å²) in [5.41, 5.74) is 0.743. The van der Waals surface area contributed by atoms with E-state index in [1.807, 2.05) is 30.3 Å². The number of hydrogen-bond acceptors (Lipinski definition) is 3. The predicted molar refractivity (Wildman–Crippen MR) is 63.7 cm³/mol. The second-order valence-corrected chi connectivity index (χ2v) is 4.43. The van der Waals surface area contributed by atoms with Crippen molar-refractivity contribution in [2.75, 3.05) is 13.2 Å². The molecule has 0 bridgehead atoms. The number of rotatable bonds is 5. The Morgan fingerprint density at radius 3 is 2.65 bits per heavy atom. The number of carbonyl (C=O) groups excluding carboxylic acids is 1. The van der Waals surface area contributed by atoms with Gasteiger partial charge >= 0.3 is 6.09 Å². The van der Waals surface area contributed by atoms with Gasteiger partial charge in [0.2, 0.25) is 0 Å². The van der Waals surface area contributed by atoms with Gasteiger partial charge in [0.25, 0.3) is 0 Å². The zero-order valence-corrected chi connectivity index (χ0v) is 9.69. The van der Waals surface area contributed by atoms with Crippen molar-refractivity contribution >= 4 is 6.09 Å². The minimum absolute atomic E-state index is 0.0131. The molecule has 1 aliphatic rings. The van der Waals surface area contributed by atoms with Crippen LogP contribution in [0.1, 0.15) is 18.4 Å². The standard InChI is InChI=1S/C13H17NO3/c15-10-13(7-8-13)14-12(16)17-9-6-11-4-2-1-3-5-11/h1-5,15H,6-10H2,(H,14,16). The zero-order valence-electron chi connectivity index (χ0n) is 9.69. The molecule has 92 valence electrons. The maximum Gasteiger partial charge on any atom is 0.407 e. The van der Waals surface area contributed by atoms with Gasteiger partial charge in [-0.25, -0.2) is 4.79 Å². The average Bonchev–Trinajstić information content (AvgIpc) is 3.11. The SMILES string of the molecule is O=C(NC1(CO)CC1)OCCc1ccccc1. The summed E-state index contributed by atoms with van der Waals surface area (Å²) in [7, 11) is 0. The first kappa shape index (κ1) is 11.9. The Morgan fingerprint density at radius 2 is 2.06 bits per heavy atom. The quantitative estimate of drug-likeness (QED) is 0.812. The largest absolute Gasteiger partial charge is 0.449 e. The molecule has 0 aliphatic heterocycles. The highest BCUT2D eigenvalue weighted by Gasteiger charge is 2.43. The molecule has 1 amide bonds. The van der Waals surface area contributed by atoms with Gasteiger partial charge in [0.1, 0.15) is 0 Å². The van der Waals surface area contributed by atoms with E-state index in [-0.39, 0.29) is 6.61 Å². The fourth-order valence-corrected chi connectivity index (χ4v) is 1.63. The third-order valence-corrected chi connectivity index (χ3v) is 2.99. The molecule has 4 nitrogen and oxygen atoms in total. The van der Waals surface area contributed by atoms with Crippen molar-refractivity contribution < 1.29 is 14.6 Å². The first-order chi connectivity index (χ1) is 8.24. The summed E-state index contributed by atoms with van der Waals surface area (Å²) in [6, 6.07) is 9.87. The monoisotopic (exact) mass is 235 g/mol. The molecule has 1 aromatic carbocycles. The summed E-state index contributed by atoms with van der Waals surface area (Å²) in [5, 5.41) is 11.7. The molecule has 2 N–H and O–H groups in total. The molecule has 4 heteroatoms. The number of nitrogens with one attached hydrogen (secondary N) is 1. The molecular formula is C13H17NO3. The van der Waals surface area contributed by atoms with Crippen LogP contribution in [0.25, 0.3) is 0 Å². The van der Waals surface area contributed by atoms with Crippen molar-refractivity contribution in [1.82, 2.24) is 5.32 Å². The van der Waals surface area contributed by atoms with E-state index in [1.54, 1.807) is 0 Å². The smallest absolute Gasteiger partial charge is 0.407 e. The lowest BCUT2D eigenvalue weighted by atomic mass is 10.2. The molecule has 0 spiro atoms. The summed E-state index contributed by atoms with van der Waals surface area (Å²) < 4.78 is 5.06. The van der Waals surface area contributed by atoms with Crippen molar-refractivity contribution in [3.05, 3.63) is 35.9 Å². The first-order valence-electron chi connectivity index (χ1n) is 5.84. The van der Waals surface area contributed by atoms with Crippen LogP contribution in [0.2, 0.25) is 0 Å². The Kier molecular flexibility index (Phi) is 3.64. The fourth-order valence-electron chi connectivity index (χ4n) is 1.63. The summed E-state index contributed by atoms with van der Waals surface area (Å²) in [6.07, 6.45) is 1.93. The Morgan fingerprint density at radius 1 is 1.35 bits per heavy atom. The molecule has 0 atom stereocenters. The Hall–Kier alpha value is -1.55. The van der Waals surface area contributed by atoms with Crippen molar-refractivity contribution in [1.29, 1.82) is 0 Å². The number of carbonyl (C=O) groups is 1. The molecule has 1 saturated carbocycles. The van der Waals surface area contributed by atoms with E-state index in [2.05, 4.69) is 5.32 Å². The topological polar surface area (TPSA) is 58.6 Å². The van der Waals surface area contributed by atoms with Crippen LogP contribution in [0.5, 0.6) is 0 Å². The summed E-state index contributed by atoms with van der Waals surface area (Å²) in [4.78, 5) is 11.4. The third kappa shape index (κ3) is 3.46. The van der Waals surface area contributed by atoms with Crippen LogP contribution >= 0.6 is 0 Å². The van der Waals surface area contributed by atoms with Gasteiger partial charge in [0.05, 0.1) is 18.8 Å². The van der Waals surface area contributed by atoms with Crippen LogP contribution in [0.4, 0.5) is 4.79 Å². The van der Waals surface area contributed by atoms with E-state index in [1.165, 1.54) is 0 Å². The maximum absolute atomic E-state index is 11.4. The molecule has 1 fully saturated rings. The average molecular weight is 235 g/mol. The number of amides is 1. The van der Waals surface area contributed by atoms with Crippen LogP contribution in [0.15, 0.2) is 30.3 Å². The number of aliphatic hydroxyl groups excluding tert-OH is 1. The number of hydrogen-bond donors (Lipinski definition) is 2. The van der Waals surface area contributed by atoms with Crippen molar-refractivity contribution in [2.45, 2.75) is 24.8 Å². The third-order valence-electron chi connectivity index (χ3n) is 2.99. The highest BCUT2D eigenvalue weighted by molar-refractivity contribution is 5.69. The van der Waals surface area contributed by atoms with E-state index < -0.39 is 11.6 Å². The predicted octanol–water partition coefficient (Wildman–Crippen LogP) is 1.48. The lowest BCUT2D eigenvalue weighted by Crippen LogP contribution is -2.40. The normalized spacial score (nSPS) is 16.3. The van der Waals surface area contributed by atoms with E-state index in [4.69, 9.17) is 9.84 Å². The lowest BCUT2D eigenvalue weighted by molar-refractivity contribution is 0.133. The van der Waals surface area contributed by atoms with Crippen LogP contribution in [0.3, 0.4) is 0 Å². The highest BCUT2D eigenvalue weighted by Crippen LogP contribution is 2.34. The van der Waals surface area contributed by atoms with Crippen molar-refractivity contribution in [3.63, 3.8) is 0 Å². The highest BCUT2D eigenvalue weighted by atomic mass is 16.5. The summed E-state index contributed by atoms with van der Waals surface area (Å²) >= 11 is 0. The van der Waals surface area contributed by atoms with Gasteiger partial charge in [0, 0.05) is 6.42 Å². The number of alkyl carbamates (subject to hydrolysis) is 1. The van der Waals surface area contributed by atoms with Crippen LogP contribution < -0.4 is 5.32 Å². The lowest BCUT2D eigenvalue weighted by Gasteiger charge is -2.14. The summed E-state index contributed by atoms with van der Waals surface area (Å²) in [6.45, 7) is 0.345. The van der Waals surface area contributed by atoms with Crippen molar-refractivity contribution in [3.8, 4) is 0 Å². The van der Waals surface area contributed by atoms with Gasteiger partial charge in [0.15, 0.2) is 0 Å². The Bertz CT molecular complexity index is 374. The molecule has 0 radical (unpaired) electrons. The molecule has 17 heavy (non-hydrogen) atoms. The van der Waals surface area contributed by atoms with E-state index in [0.29, 0.717) is 13.0 Å². The molecule has 0 saturated heterocycles. The molecule has 0 heterocycles. The minimum atomic E-state index is -0.438. The fraction of sp³-hybridized carbons (Fsp3) is 0.462. The van der Waals surface area contributed by atoms with Gasteiger partial charge < -0.3 is 15.2 Å². The summed E-state index contributed by atoms with van der Waals surface area (Å²) in [5.74, 6) is 0. The van der Waals surface area contributed by atoms with Crippen LogP contribution in [-0.2, 0) is 11.2 Å². The zero-order chi connectivity index (χ0) is 12.1. The Balaban J connectivity index is 1.67. The number of ether oxygens (including phenoxy) is 1. The van der Waals surface area contributed by atoms with E-state index >= 15 is 0 Å². The molecule has 0 aromatic heterocycles. The Labute approximate surface area is 101 Å². The second-order valence-electron chi connectivity index (χ2n) is 4.43. The maximum atomic E-state index is 11.4. The van der Waals surface area contributed by atoms with Gasteiger partial charge in [-0.2, -0.15) is 0 Å². The van der Waals surface area contributed by atoms with Gasteiger partial charge in [-0.05, 0) is 18.4 Å². The number of aliphatic hydroxyl groups is 1. The van der Waals surface area contributed by atoms with Crippen LogP contribution in [0, 0.1) is 0 Å². The van der Waals surface area contributed by atoms with Gasteiger partial charge in [-0.15, -0.1) is 0 Å². The van der Waals surface area contributed by atoms with Gasteiger partial charge in [-0.1, -0.05) is 30.3 Å². The van der Waals surface area contributed by atoms with Crippen molar-refractivity contribution in [2.24, 2.45) is 0 Å². The molecule has 1 aliphatic carbocycles. The van der Waals surface area contributed by atoms with E-state index in [9.17, 15) is 4.79 Å². The van der Waals surface area contributed by atoms with E-state index in [0.717, 1.165) is 18.4 Å². The first-order valence-corrected chi connectivity index (χ1v) is 5.84. The molecule has 0 unspecified atom stereocenters. The second kappa shape index (κ2) is 5.19. The molecular weight excluding hydrogens is 218 g/mol. The van der Waals surface area contributed by atoms with Gasteiger partial charge in [-0.3, -0.25) is 0 Å².